The van der Waals surface area contributed by atoms with Gasteiger partial charge in [0.25, 0.3) is 0 Å². The summed E-state index contributed by atoms with van der Waals surface area (Å²) < 4.78 is 11.2. The molecule has 7 heteroatoms. The molecule has 2 heterocycles. The fourth-order valence-corrected chi connectivity index (χ4v) is 3.81. The Balaban J connectivity index is 1.27. The summed E-state index contributed by atoms with van der Waals surface area (Å²) in [6.45, 7) is 1.52. The minimum absolute atomic E-state index is 0.0239. The maximum absolute atomic E-state index is 12.6. The maximum Gasteiger partial charge on any atom is 0.225 e. The van der Waals surface area contributed by atoms with E-state index in [1.165, 1.54) is 0 Å². The molecule has 3 aromatic rings. The van der Waals surface area contributed by atoms with E-state index in [1.54, 1.807) is 18.2 Å². The van der Waals surface area contributed by atoms with Gasteiger partial charge in [-0.3, -0.25) is 14.6 Å². The molecule has 1 aliphatic heterocycles. The Morgan fingerprint density at radius 2 is 1.94 bits per heavy atom. The first-order chi connectivity index (χ1) is 15.2. The molecule has 1 unspecified atom stereocenters. The van der Waals surface area contributed by atoms with Crippen molar-refractivity contribution in [1.82, 2.24) is 15.2 Å². The van der Waals surface area contributed by atoms with Gasteiger partial charge in [0.2, 0.25) is 11.8 Å². The van der Waals surface area contributed by atoms with Crippen LogP contribution in [0.5, 0.6) is 11.5 Å². The summed E-state index contributed by atoms with van der Waals surface area (Å²) in [7, 11) is 1.61. The Morgan fingerprint density at radius 1 is 1.13 bits per heavy atom. The number of amides is 2. The molecule has 0 saturated carbocycles. The number of benzene rings is 2. The van der Waals surface area contributed by atoms with Crippen molar-refractivity contribution in [2.24, 2.45) is 5.92 Å². The summed E-state index contributed by atoms with van der Waals surface area (Å²) in [5.74, 6) is 0.913. The second kappa shape index (κ2) is 9.47. The second-order valence-corrected chi connectivity index (χ2v) is 7.46. The van der Waals surface area contributed by atoms with Gasteiger partial charge in [-0.15, -0.1) is 0 Å². The van der Waals surface area contributed by atoms with Gasteiger partial charge in [-0.2, -0.15) is 0 Å². The van der Waals surface area contributed by atoms with Gasteiger partial charge in [0.15, 0.2) is 0 Å². The lowest BCUT2D eigenvalue weighted by Gasteiger charge is -2.18. The summed E-state index contributed by atoms with van der Waals surface area (Å²) in [6, 6.07) is 17.2. The van der Waals surface area contributed by atoms with Gasteiger partial charge >= 0.3 is 0 Å². The highest BCUT2D eigenvalue weighted by molar-refractivity contribution is 5.89. The van der Waals surface area contributed by atoms with Crippen LogP contribution in [0, 0.1) is 5.92 Å². The summed E-state index contributed by atoms with van der Waals surface area (Å²) in [5, 5.41) is 3.89. The molecule has 1 fully saturated rings. The number of ether oxygens (including phenoxy) is 2. The van der Waals surface area contributed by atoms with Crippen molar-refractivity contribution in [3.05, 3.63) is 66.4 Å². The van der Waals surface area contributed by atoms with E-state index in [0.717, 1.165) is 22.2 Å². The molecule has 1 atom stereocenters. The zero-order valence-corrected chi connectivity index (χ0v) is 17.4. The molecule has 2 aromatic carbocycles. The number of hydrogen-bond donors (Lipinski definition) is 1. The van der Waals surface area contributed by atoms with Crippen molar-refractivity contribution in [2.75, 3.05) is 26.8 Å². The van der Waals surface area contributed by atoms with E-state index in [4.69, 9.17) is 9.47 Å². The third kappa shape index (κ3) is 4.77. The smallest absolute Gasteiger partial charge is 0.225 e. The molecular formula is C24H25N3O4. The Hall–Kier alpha value is -3.61. The maximum atomic E-state index is 12.6. The van der Waals surface area contributed by atoms with E-state index in [-0.39, 0.29) is 24.2 Å². The van der Waals surface area contributed by atoms with E-state index in [2.05, 4.69) is 10.3 Å². The number of methoxy groups -OCH3 is 1. The van der Waals surface area contributed by atoms with Crippen molar-refractivity contribution < 1.29 is 19.1 Å². The molecule has 1 saturated heterocycles. The molecule has 31 heavy (non-hydrogen) atoms. The van der Waals surface area contributed by atoms with Crippen LogP contribution in [-0.2, 0) is 16.1 Å². The molecule has 0 aliphatic carbocycles. The number of hydrogen-bond acceptors (Lipinski definition) is 5. The lowest BCUT2D eigenvalue weighted by Crippen LogP contribution is -2.35. The van der Waals surface area contributed by atoms with Crippen LogP contribution >= 0.6 is 0 Å². The van der Waals surface area contributed by atoms with Crippen molar-refractivity contribution in [3.8, 4) is 11.5 Å². The molecule has 1 aromatic heterocycles. The van der Waals surface area contributed by atoms with Crippen LogP contribution < -0.4 is 14.8 Å². The largest absolute Gasteiger partial charge is 0.496 e. The fourth-order valence-electron chi connectivity index (χ4n) is 3.81. The van der Waals surface area contributed by atoms with Gasteiger partial charge in [-0.1, -0.05) is 36.4 Å². The third-order valence-corrected chi connectivity index (χ3v) is 5.39. The molecule has 0 bridgehead atoms. The average molecular weight is 419 g/mol. The molecular weight excluding hydrogens is 394 g/mol. The van der Waals surface area contributed by atoms with Crippen molar-refractivity contribution in [1.29, 1.82) is 0 Å². The van der Waals surface area contributed by atoms with Crippen LogP contribution in [0.2, 0.25) is 0 Å². The first-order valence-corrected chi connectivity index (χ1v) is 10.3. The van der Waals surface area contributed by atoms with E-state index >= 15 is 0 Å². The number of aromatic nitrogens is 1. The van der Waals surface area contributed by atoms with Gasteiger partial charge in [-0.05, 0) is 18.2 Å². The number of fused-ring (bicyclic) bond motifs is 1. The lowest BCUT2D eigenvalue weighted by molar-refractivity contribution is -0.129. The predicted molar refractivity (Wildman–Crippen MR) is 117 cm³/mol. The number of likely N-dealkylation sites (tertiary alicyclic amines) is 1. The first-order valence-electron chi connectivity index (χ1n) is 10.3. The molecule has 7 nitrogen and oxygen atoms in total. The average Bonchev–Trinajstić information content (AvgIpc) is 3.17. The van der Waals surface area contributed by atoms with Gasteiger partial charge < -0.3 is 19.7 Å². The molecule has 2 amide bonds. The van der Waals surface area contributed by atoms with Crippen LogP contribution in [0.1, 0.15) is 12.0 Å². The first kappa shape index (κ1) is 20.7. The number of carbonyl (C=O) groups excluding carboxylic acids is 2. The number of pyridine rings is 1. The number of nitrogens with zero attached hydrogens (tertiary/aromatic N) is 2. The SMILES string of the molecule is COc1ccccc1CN1CC(C(=O)NCCOc2cccc3cccnc23)CC1=O. The zero-order valence-electron chi connectivity index (χ0n) is 17.4. The highest BCUT2D eigenvalue weighted by Crippen LogP contribution is 2.25. The van der Waals surface area contributed by atoms with Gasteiger partial charge in [0.1, 0.15) is 23.6 Å². The van der Waals surface area contributed by atoms with Crippen molar-refractivity contribution in [2.45, 2.75) is 13.0 Å². The molecule has 0 radical (unpaired) electrons. The Labute approximate surface area is 181 Å². The number of rotatable bonds is 8. The summed E-state index contributed by atoms with van der Waals surface area (Å²) in [4.78, 5) is 31.0. The molecule has 4 rings (SSSR count). The molecule has 1 N–H and O–H groups in total. The van der Waals surface area contributed by atoms with Crippen LogP contribution in [0.4, 0.5) is 0 Å². The van der Waals surface area contributed by atoms with Crippen LogP contribution in [0.3, 0.4) is 0 Å². The molecule has 1 aliphatic rings. The van der Waals surface area contributed by atoms with Crippen molar-refractivity contribution in [3.63, 3.8) is 0 Å². The normalized spacial score (nSPS) is 15.8. The van der Waals surface area contributed by atoms with E-state index in [1.807, 2.05) is 54.6 Å². The Bertz CT molecular complexity index is 1080. The summed E-state index contributed by atoms with van der Waals surface area (Å²) in [5.41, 5.74) is 1.72. The Kier molecular flexibility index (Phi) is 6.31. The Morgan fingerprint density at radius 3 is 2.81 bits per heavy atom. The molecule has 0 spiro atoms. The van der Waals surface area contributed by atoms with Crippen LogP contribution in [0.25, 0.3) is 10.9 Å². The third-order valence-electron chi connectivity index (χ3n) is 5.39. The van der Waals surface area contributed by atoms with Gasteiger partial charge in [0, 0.05) is 36.7 Å². The molecule has 160 valence electrons. The minimum atomic E-state index is -0.360. The summed E-state index contributed by atoms with van der Waals surface area (Å²) >= 11 is 0. The number of nitrogens with one attached hydrogen (secondary N) is 1. The van der Waals surface area contributed by atoms with Crippen LogP contribution in [0.15, 0.2) is 60.8 Å². The van der Waals surface area contributed by atoms with E-state index in [9.17, 15) is 9.59 Å². The second-order valence-electron chi connectivity index (χ2n) is 7.46. The monoisotopic (exact) mass is 419 g/mol. The fraction of sp³-hybridized carbons (Fsp3) is 0.292. The highest BCUT2D eigenvalue weighted by atomic mass is 16.5. The quantitative estimate of drug-likeness (QED) is 0.568. The highest BCUT2D eigenvalue weighted by Gasteiger charge is 2.34. The zero-order chi connectivity index (χ0) is 21.6. The predicted octanol–water partition coefficient (Wildman–Crippen LogP) is 2.79. The summed E-state index contributed by atoms with van der Waals surface area (Å²) in [6.07, 6.45) is 1.94. The van der Waals surface area contributed by atoms with E-state index < -0.39 is 0 Å². The number of para-hydroxylation sites is 2. The van der Waals surface area contributed by atoms with E-state index in [0.29, 0.717) is 32.0 Å². The standard InChI is InChI=1S/C24H25N3O4/c1-30-20-9-3-2-6-18(20)15-27-16-19(14-22(27)28)24(29)26-12-13-31-21-10-4-7-17-8-5-11-25-23(17)21/h2-11,19H,12-16H2,1H3,(H,26,29). The topological polar surface area (TPSA) is 80.8 Å². The minimum Gasteiger partial charge on any atom is -0.496 e. The lowest BCUT2D eigenvalue weighted by atomic mass is 10.1. The van der Waals surface area contributed by atoms with Crippen molar-refractivity contribution >= 4 is 22.7 Å². The van der Waals surface area contributed by atoms with Crippen LogP contribution in [-0.4, -0.2) is 48.5 Å². The van der Waals surface area contributed by atoms with Gasteiger partial charge in [-0.25, -0.2) is 0 Å². The number of carbonyl (C=O) groups is 2. The van der Waals surface area contributed by atoms with Gasteiger partial charge in [0.05, 0.1) is 19.6 Å².